The van der Waals surface area contributed by atoms with Gasteiger partial charge in [0.05, 0.1) is 19.1 Å². The van der Waals surface area contributed by atoms with Crippen molar-refractivity contribution < 1.29 is 23.9 Å². The minimum Gasteiger partial charge on any atom is -0.493 e. The fourth-order valence-corrected chi connectivity index (χ4v) is 5.03. The van der Waals surface area contributed by atoms with E-state index in [4.69, 9.17) is 9.47 Å². The summed E-state index contributed by atoms with van der Waals surface area (Å²) in [6.07, 6.45) is 4.70. The molecule has 0 atom stereocenters. The van der Waals surface area contributed by atoms with E-state index in [2.05, 4.69) is 12.6 Å². The summed E-state index contributed by atoms with van der Waals surface area (Å²) in [6, 6.07) is 11.6. The van der Waals surface area contributed by atoms with Gasteiger partial charge in [0.15, 0.2) is 11.5 Å². The van der Waals surface area contributed by atoms with E-state index in [0.717, 1.165) is 34.2 Å². The normalized spacial score (nSPS) is 16.6. The summed E-state index contributed by atoms with van der Waals surface area (Å²) in [6.45, 7) is 4.56. The molecular formula is C26H26N2O5S. The summed E-state index contributed by atoms with van der Waals surface area (Å²) < 4.78 is 10.9. The summed E-state index contributed by atoms with van der Waals surface area (Å²) in [5.41, 5.74) is 3.87. The summed E-state index contributed by atoms with van der Waals surface area (Å²) in [5.74, 6) is 0.410. The second-order valence-corrected chi connectivity index (χ2v) is 9.00. The molecule has 2 aromatic rings. The number of rotatable bonds is 7. The molecule has 0 bridgehead atoms. The lowest BCUT2D eigenvalue weighted by Crippen LogP contribution is -2.44. The topological polar surface area (TPSA) is 76.2 Å². The van der Waals surface area contributed by atoms with Crippen molar-refractivity contribution in [3.63, 3.8) is 0 Å². The van der Waals surface area contributed by atoms with Gasteiger partial charge in [-0.1, -0.05) is 30.3 Å². The van der Waals surface area contributed by atoms with Crippen molar-refractivity contribution in [1.29, 1.82) is 0 Å². The molecule has 0 radical (unpaired) electrons. The molecule has 2 aliphatic rings. The van der Waals surface area contributed by atoms with Gasteiger partial charge in [0.2, 0.25) is 5.91 Å². The quantitative estimate of drug-likeness (QED) is 0.441. The zero-order valence-corrected chi connectivity index (χ0v) is 20.0. The van der Waals surface area contributed by atoms with Crippen LogP contribution in [0, 0.1) is 0 Å². The summed E-state index contributed by atoms with van der Waals surface area (Å²) in [7, 11) is 3.10. The van der Waals surface area contributed by atoms with Crippen LogP contribution in [-0.2, 0) is 29.0 Å². The SMILES string of the molecule is C=CCc1cc(/C=C2\SC(=O)N(CC(=O)N3CCc4ccccc4C3)C2=O)cc(OC)c1OC. The minimum atomic E-state index is -0.471. The van der Waals surface area contributed by atoms with E-state index in [1.165, 1.54) is 12.7 Å². The number of allylic oxidation sites excluding steroid dienone is 1. The lowest BCUT2D eigenvalue weighted by atomic mass is 10.00. The van der Waals surface area contributed by atoms with Crippen LogP contribution in [-0.4, -0.2) is 54.2 Å². The Balaban J connectivity index is 1.51. The third-order valence-corrected chi connectivity index (χ3v) is 6.80. The van der Waals surface area contributed by atoms with Gasteiger partial charge in [0, 0.05) is 18.7 Å². The first-order valence-electron chi connectivity index (χ1n) is 10.9. The second-order valence-electron chi connectivity index (χ2n) is 8.01. The fraction of sp³-hybridized carbons (Fsp3) is 0.269. The molecule has 0 aliphatic carbocycles. The molecule has 0 unspecified atom stereocenters. The van der Waals surface area contributed by atoms with E-state index in [1.54, 1.807) is 30.2 Å². The van der Waals surface area contributed by atoms with Crippen LogP contribution in [0.15, 0.2) is 54.0 Å². The zero-order chi connectivity index (χ0) is 24.2. The van der Waals surface area contributed by atoms with Crippen LogP contribution >= 0.6 is 11.8 Å². The number of carbonyl (C=O) groups is 3. The Bertz CT molecular complexity index is 1190. The van der Waals surface area contributed by atoms with Gasteiger partial charge in [-0.15, -0.1) is 6.58 Å². The van der Waals surface area contributed by atoms with E-state index in [-0.39, 0.29) is 17.4 Å². The summed E-state index contributed by atoms with van der Waals surface area (Å²) in [4.78, 5) is 41.5. The molecule has 34 heavy (non-hydrogen) atoms. The molecule has 7 nitrogen and oxygen atoms in total. The monoisotopic (exact) mass is 478 g/mol. The number of hydrogen-bond acceptors (Lipinski definition) is 6. The molecule has 0 saturated carbocycles. The molecule has 4 rings (SSSR count). The lowest BCUT2D eigenvalue weighted by molar-refractivity contribution is -0.136. The van der Waals surface area contributed by atoms with Crippen molar-refractivity contribution in [2.75, 3.05) is 27.3 Å². The molecule has 2 heterocycles. The van der Waals surface area contributed by atoms with Crippen molar-refractivity contribution >= 4 is 34.9 Å². The Labute approximate surface area is 203 Å². The van der Waals surface area contributed by atoms with Crippen LogP contribution in [0.25, 0.3) is 6.08 Å². The number of amides is 3. The van der Waals surface area contributed by atoms with Gasteiger partial charge in [-0.25, -0.2) is 0 Å². The third-order valence-electron chi connectivity index (χ3n) is 5.89. The largest absolute Gasteiger partial charge is 0.493 e. The molecule has 1 saturated heterocycles. The molecule has 0 N–H and O–H groups in total. The molecular weight excluding hydrogens is 452 g/mol. The van der Waals surface area contributed by atoms with Crippen molar-refractivity contribution in [2.24, 2.45) is 0 Å². The molecule has 8 heteroatoms. The first-order chi connectivity index (χ1) is 16.4. The van der Waals surface area contributed by atoms with Gasteiger partial charge in [-0.3, -0.25) is 19.3 Å². The highest BCUT2D eigenvalue weighted by atomic mass is 32.2. The number of methoxy groups -OCH3 is 2. The van der Waals surface area contributed by atoms with Gasteiger partial charge < -0.3 is 14.4 Å². The Morgan fingerprint density at radius 2 is 1.91 bits per heavy atom. The van der Waals surface area contributed by atoms with E-state index in [1.807, 2.05) is 24.3 Å². The van der Waals surface area contributed by atoms with E-state index < -0.39 is 11.1 Å². The highest BCUT2D eigenvalue weighted by Gasteiger charge is 2.37. The Morgan fingerprint density at radius 1 is 1.15 bits per heavy atom. The standard InChI is InChI=1S/C26H26N2O5S/c1-4-7-19-12-17(13-21(32-2)24(19)33-3)14-22-25(30)28(26(31)34-22)16-23(29)27-11-10-18-8-5-6-9-20(18)15-27/h4-6,8-9,12-14H,1,7,10-11,15-16H2,2-3H3/b22-14-. The number of hydrogen-bond donors (Lipinski definition) is 0. The van der Waals surface area contributed by atoms with Crippen LogP contribution < -0.4 is 9.47 Å². The van der Waals surface area contributed by atoms with Crippen LogP contribution in [0.1, 0.15) is 22.3 Å². The number of imide groups is 1. The van der Waals surface area contributed by atoms with Crippen LogP contribution in [0.5, 0.6) is 11.5 Å². The lowest BCUT2D eigenvalue weighted by Gasteiger charge is -2.29. The molecule has 3 amide bonds. The van der Waals surface area contributed by atoms with Gasteiger partial charge in [0.25, 0.3) is 11.1 Å². The maximum atomic E-state index is 13.0. The van der Waals surface area contributed by atoms with E-state index >= 15 is 0 Å². The smallest absolute Gasteiger partial charge is 0.294 e. The maximum Gasteiger partial charge on any atom is 0.294 e. The molecule has 2 aromatic carbocycles. The highest BCUT2D eigenvalue weighted by Crippen LogP contribution is 2.37. The second kappa shape index (κ2) is 10.2. The van der Waals surface area contributed by atoms with Crippen molar-refractivity contribution in [2.45, 2.75) is 19.4 Å². The van der Waals surface area contributed by atoms with Crippen LogP contribution in [0.3, 0.4) is 0 Å². The average molecular weight is 479 g/mol. The number of fused-ring (bicyclic) bond motifs is 1. The van der Waals surface area contributed by atoms with Gasteiger partial charge in [0.1, 0.15) is 6.54 Å². The van der Waals surface area contributed by atoms with Gasteiger partial charge in [-0.2, -0.15) is 0 Å². The number of ether oxygens (including phenoxy) is 2. The fourth-order valence-electron chi connectivity index (χ4n) is 4.19. The molecule has 1 fully saturated rings. The summed E-state index contributed by atoms with van der Waals surface area (Å²) >= 11 is 0.832. The summed E-state index contributed by atoms with van der Waals surface area (Å²) in [5, 5.41) is -0.450. The van der Waals surface area contributed by atoms with Crippen molar-refractivity contribution in [3.05, 3.63) is 76.2 Å². The Hall–Kier alpha value is -3.52. The van der Waals surface area contributed by atoms with Gasteiger partial charge in [-0.05, 0) is 59.5 Å². The average Bonchev–Trinajstić information content (AvgIpc) is 3.10. The number of thioether (sulfide) groups is 1. The first-order valence-corrected chi connectivity index (χ1v) is 11.7. The Morgan fingerprint density at radius 3 is 2.62 bits per heavy atom. The number of benzene rings is 2. The van der Waals surface area contributed by atoms with Crippen molar-refractivity contribution in [3.8, 4) is 11.5 Å². The predicted molar refractivity (Wildman–Crippen MR) is 132 cm³/mol. The van der Waals surface area contributed by atoms with Crippen LogP contribution in [0.2, 0.25) is 0 Å². The maximum absolute atomic E-state index is 13.0. The van der Waals surface area contributed by atoms with Gasteiger partial charge >= 0.3 is 0 Å². The van der Waals surface area contributed by atoms with E-state index in [9.17, 15) is 14.4 Å². The number of carbonyl (C=O) groups excluding carboxylic acids is 3. The minimum absolute atomic E-state index is 0.238. The first kappa shape index (κ1) is 23.6. The molecule has 2 aliphatic heterocycles. The number of nitrogens with zero attached hydrogens (tertiary/aromatic N) is 2. The molecule has 176 valence electrons. The van der Waals surface area contributed by atoms with Crippen molar-refractivity contribution in [1.82, 2.24) is 9.80 Å². The van der Waals surface area contributed by atoms with Crippen LogP contribution in [0.4, 0.5) is 4.79 Å². The molecule has 0 spiro atoms. The Kier molecular flexibility index (Phi) is 7.07. The predicted octanol–water partition coefficient (Wildman–Crippen LogP) is 4.05. The third kappa shape index (κ3) is 4.72. The molecule has 0 aromatic heterocycles. The zero-order valence-electron chi connectivity index (χ0n) is 19.2. The highest BCUT2D eigenvalue weighted by molar-refractivity contribution is 8.18. The van der Waals surface area contributed by atoms with E-state index in [0.29, 0.717) is 36.6 Å².